The van der Waals surface area contributed by atoms with E-state index >= 15 is 0 Å². The average Bonchev–Trinajstić information content (AvgIpc) is 2.53. The molecule has 0 aliphatic heterocycles. The first-order valence-electron chi connectivity index (χ1n) is 4.52. The van der Waals surface area contributed by atoms with E-state index in [9.17, 15) is 0 Å². The minimum absolute atomic E-state index is 0.387. The maximum Gasteiger partial charge on any atom is 0.182 e. The molecule has 0 saturated carbocycles. The molecule has 0 fully saturated rings. The maximum atomic E-state index is 5.70. The Bertz CT molecular complexity index is 257. The van der Waals surface area contributed by atoms with Gasteiger partial charge in [0, 0.05) is 24.9 Å². The summed E-state index contributed by atoms with van der Waals surface area (Å²) in [6, 6.07) is 0. The van der Waals surface area contributed by atoms with Gasteiger partial charge in [-0.1, -0.05) is 13.8 Å². The highest BCUT2D eigenvalue weighted by Crippen LogP contribution is 2.26. The van der Waals surface area contributed by atoms with Crippen molar-refractivity contribution in [3.8, 4) is 0 Å². The van der Waals surface area contributed by atoms with E-state index in [0.717, 1.165) is 10.8 Å². The van der Waals surface area contributed by atoms with E-state index in [1.54, 1.807) is 11.3 Å². The number of aromatic nitrogens is 1. The molecule has 13 heavy (non-hydrogen) atoms. The minimum atomic E-state index is 0.387. The summed E-state index contributed by atoms with van der Waals surface area (Å²) in [5.74, 6) is 0.940. The molecule has 74 valence electrons. The van der Waals surface area contributed by atoms with E-state index in [-0.39, 0.29) is 0 Å². The Kier molecular flexibility index (Phi) is 3.69. The third kappa shape index (κ3) is 2.42. The topological polar surface area (TPSA) is 50.9 Å². The molecule has 0 spiro atoms. The molecule has 0 aliphatic carbocycles. The molecule has 0 amide bonds. The number of hydrogen-bond donors (Lipinski definition) is 2. The van der Waals surface area contributed by atoms with E-state index in [2.05, 4.69) is 29.5 Å². The van der Waals surface area contributed by atoms with E-state index < -0.39 is 0 Å². The van der Waals surface area contributed by atoms with Gasteiger partial charge < -0.3 is 11.1 Å². The van der Waals surface area contributed by atoms with E-state index in [0.29, 0.717) is 18.4 Å². The van der Waals surface area contributed by atoms with Crippen LogP contribution in [-0.4, -0.2) is 18.6 Å². The van der Waals surface area contributed by atoms with Crippen molar-refractivity contribution < 1.29 is 0 Å². The molecule has 0 aromatic carbocycles. The maximum absolute atomic E-state index is 5.70. The van der Waals surface area contributed by atoms with Crippen molar-refractivity contribution in [2.75, 3.05) is 18.9 Å². The first kappa shape index (κ1) is 10.5. The van der Waals surface area contributed by atoms with Crippen LogP contribution in [-0.2, 0) is 0 Å². The zero-order valence-electron chi connectivity index (χ0n) is 8.37. The summed E-state index contributed by atoms with van der Waals surface area (Å²) in [7, 11) is 1.88. The highest BCUT2D eigenvalue weighted by Gasteiger charge is 2.16. The van der Waals surface area contributed by atoms with Crippen LogP contribution in [0.25, 0.3) is 0 Å². The predicted molar refractivity (Wildman–Crippen MR) is 58.3 cm³/mol. The van der Waals surface area contributed by atoms with Crippen LogP contribution >= 0.6 is 11.3 Å². The van der Waals surface area contributed by atoms with Gasteiger partial charge in [0.25, 0.3) is 0 Å². The molecule has 4 heteroatoms. The van der Waals surface area contributed by atoms with Gasteiger partial charge >= 0.3 is 0 Å². The Hall–Kier alpha value is -0.610. The van der Waals surface area contributed by atoms with Gasteiger partial charge in [-0.15, -0.1) is 11.3 Å². The summed E-state index contributed by atoms with van der Waals surface area (Å²) in [5.41, 5.74) is 6.82. The lowest BCUT2D eigenvalue weighted by atomic mass is 9.93. The predicted octanol–water partition coefficient (Wildman–Crippen LogP) is 1.88. The number of nitrogens with zero attached hydrogens (tertiary/aromatic N) is 1. The first-order valence-corrected chi connectivity index (χ1v) is 5.40. The van der Waals surface area contributed by atoms with Crippen LogP contribution in [0.4, 0.5) is 5.13 Å². The van der Waals surface area contributed by atoms with Gasteiger partial charge in [-0.2, -0.15) is 0 Å². The Labute approximate surface area is 83.4 Å². The molecule has 3 nitrogen and oxygen atoms in total. The monoisotopic (exact) mass is 199 g/mol. The van der Waals surface area contributed by atoms with Crippen LogP contribution in [0.15, 0.2) is 5.38 Å². The van der Waals surface area contributed by atoms with Crippen LogP contribution in [0.2, 0.25) is 0 Å². The van der Waals surface area contributed by atoms with E-state index in [1.165, 1.54) is 0 Å². The molecule has 0 saturated heterocycles. The quantitative estimate of drug-likeness (QED) is 0.778. The van der Waals surface area contributed by atoms with Crippen LogP contribution in [0.5, 0.6) is 0 Å². The standard InChI is InChI=1S/C9H17N3S/c1-6(2)7(4-10)8-5-13-9(11-3)12-8/h5-7H,4,10H2,1-3H3,(H,11,12). The first-order chi connectivity index (χ1) is 6.19. The molecule has 0 radical (unpaired) electrons. The van der Waals surface area contributed by atoms with Crippen LogP contribution in [0.3, 0.4) is 0 Å². The third-order valence-corrected chi connectivity index (χ3v) is 3.05. The molecule has 1 atom stereocenters. The van der Waals surface area contributed by atoms with Gasteiger partial charge in [0.1, 0.15) is 0 Å². The Balaban J connectivity index is 2.79. The van der Waals surface area contributed by atoms with Crippen molar-refractivity contribution in [3.05, 3.63) is 11.1 Å². The largest absolute Gasteiger partial charge is 0.365 e. The summed E-state index contributed by atoms with van der Waals surface area (Å²) < 4.78 is 0. The van der Waals surface area contributed by atoms with Gasteiger partial charge in [0.2, 0.25) is 0 Å². The number of nitrogens with two attached hydrogens (primary N) is 1. The van der Waals surface area contributed by atoms with Gasteiger partial charge in [-0.25, -0.2) is 4.98 Å². The van der Waals surface area contributed by atoms with Gasteiger partial charge in [-0.3, -0.25) is 0 Å². The van der Waals surface area contributed by atoms with Gasteiger partial charge in [0.15, 0.2) is 5.13 Å². The van der Waals surface area contributed by atoms with Crippen LogP contribution in [0, 0.1) is 5.92 Å². The molecule has 0 bridgehead atoms. The van der Waals surface area contributed by atoms with Crippen molar-refractivity contribution >= 4 is 16.5 Å². The minimum Gasteiger partial charge on any atom is -0.365 e. The summed E-state index contributed by atoms with van der Waals surface area (Å²) >= 11 is 1.63. The summed E-state index contributed by atoms with van der Waals surface area (Å²) in [5, 5.41) is 6.09. The Morgan fingerprint density at radius 2 is 2.31 bits per heavy atom. The van der Waals surface area contributed by atoms with Crippen molar-refractivity contribution in [2.24, 2.45) is 11.7 Å². The second-order valence-electron chi connectivity index (χ2n) is 3.41. The van der Waals surface area contributed by atoms with Crippen LogP contribution < -0.4 is 11.1 Å². The van der Waals surface area contributed by atoms with Crippen molar-refractivity contribution in [3.63, 3.8) is 0 Å². The lowest BCUT2D eigenvalue weighted by molar-refractivity contribution is 0.498. The summed E-state index contributed by atoms with van der Waals surface area (Å²) in [6.45, 7) is 5.02. The molecule has 1 unspecified atom stereocenters. The molecule has 1 rings (SSSR count). The number of thiazole rings is 1. The molecule has 1 heterocycles. The zero-order valence-corrected chi connectivity index (χ0v) is 9.19. The fourth-order valence-corrected chi connectivity index (χ4v) is 2.04. The SMILES string of the molecule is CNc1nc(C(CN)C(C)C)cs1. The Morgan fingerprint density at radius 1 is 1.62 bits per heavy atom. The highest BCUT2D eigenvalue weighted by molar-refractivity contribution is 7.13. The highest BCUT2D eigenvalue weighted by atomic mass is 32.1. The number of hydrogen-bond acceptors (Lipinski definition) is 4. The average molecular weight is 199 g/mol. The third-order valence-electron chi connectivity index (χ3n) is 2.17. The molecular formula is C9H17N3S. The summed E-state index contributed by atoms with van der Waals surface area (Å²) in [6.07, 6.45) is 0. The summed E-state index contributed by atoms with van der Waals surface area (Å²) in [4.78, 5) is 4.45. The lowest BCUT2D eigenvalue weighted by Gasteiger charge is -2.15. The molecule has 1 aromatic rings. The molecule has 3 N–H and O–H groups in total. The van der Waals surface area contributed by atoms with Crippen molar-refractivity contribution in [1.82, 2.24) is 4.98 Å². The number of rotatable bonds is 4. The van der Waals surface area contributed by atoms with Gasteiger partial charge in [0.05, 0.1) is 5.69 Å². The fraction of sp³-hybridized carbons (Fsp3) is 0.667. The molecule has 1 aromatic heterocycles. The Morgan fingerprint density at radius 3 is 2.69 bits per heavy atom. The van der Waals surface area contributed by atoms with Crippen molar-refractivity contribution in [1.29, 1.82) is 0 Å². The number of anilines is 1. The van der Waals surface area contributed by atoms with Crippen molar-refractivity contribution in [2.45, 2.75) is 19.8 Å². The second kappa shape index (κ2) is 4.58. The smallest absolute Gasteiger partial charge is 0.182 e. The molecular weight excluding hydrogens is 182 g/mol. The normalized spacial score (nSPS) is 13.3. The second-order valence-corrected chi connectivity index (χ2v) is 4.27. The number of nitrogens with one attached hydrogen (secondary N) is 1. The fourth-order valence-electron chi connectivity index (χ4n) is 1.31. The van der Waals surface area contributed by atoms with Crippen LogP contribution in [0.1, 0.15) is 25.5 Å². The molecule has 0 aliphatic rings. The van der Waals surface area contributed by atoms with E-state index in [1.807, 2.05) is 7.05 Å². The van der Waals surface area contributed by atoms with E-state index in [4.69, 9.17) is 5.73 Å². The van der Waals surface area contributed by atoms with Gasteiger partial charge in [-0.05, 0) is 5.92 Å². The lowest BCUT2D eigenvalue weighted by Crippen LogP contribution is -2.18. The zero-order chi connectivity index (χ0) is 9.84.